The van der Waals surface area contributed by atoms with Crippen molar-refractivity contribution in [3.05, 3.63) is 35.9 Å². The summed E-state index contributed by atoms with van der Waals surface area (Å²) in [4.78, 5) is 16.2. The molecule has 0 atom stereocenters. The molecule has 0 saturated carbocycles. The van der Waals surface area contributed by atoms with Crippen molar-refractivity contribution in [3.8, 4) is 0 Å². The summed E-state index contributed by atoms with van der Waals surface area (Å²) < 4.78 is 36.6. The van der Waals surface area contributed by atoms with Gasteiger partial charge in [-0.3, -0.25) is 9.79 Å². The van der Waals surface area contributed by atoms with Gasteiger partial charge in [0.2, 0.25) is 5.91 Å². The summed E-state index contributed by atoms with van der Waals surface area (Å²) in [5, 5.41) is 5.71. The number of benzene rings is 1. The summed E-state index contributed by atoms with van der Waals surface area (Å²) in [5.74, 6) is -0.289. The van der Waals surface area contributed by atoms with E-state index in [1.54, 1.807) is 0 Å². The standard InChI is InChI=1S/C15H21F3N4O.HI/c1-19-14(20-9-8-12-6-4-3-5-7-12)21-10-13(23)22(2)11-15(16,17)18;/h3-7H,8-11H2,1-2H3,(H2,19,20,21);1H. The molecule has 24 heavy (non-hydrogen) atoms. The lowest BCUT2D eigenvalue weighted by Crippen LogP contribution is -2.45. The number of alkyl halides is 3. The van der Waals surface area contributed by atoms with E-state index in [0.717, 1.165) is 19.0 Å². The summed E-state index contributed by atoms with van der Waals surface area (Å²) in [7, 11) is 2.64. The molecule has 1 aromatic carbocycles. The molecule has 0 aliphatic heterocycles. The largest absolute Gasteiger partial charge is 0.406 e. The maximum atomic E-state index is 12.2. The number of nitrogens with zero attached hydrogens (tertiary/aromatic N) is 2. The van der Waals surface area contributed by atoms with Crippen molar-refractivity contribution in [2.75, 3.05) is 33.7 Å². The second-order valence-electron chi connectivity index (χ2n) is 4.95. The van der Waals surface area contributed by atoms with Crippen molar-refractivity contribution in [1.82, 2.24) is 15.5 Å². The molecule has 0 heterocycles. The number of carbonyl (C=O) groups is 1. The van der Waals surface area contributed by atoms with Crippen molar-refractivity contribution in [2.45, 2.75) is 12.6 Å². The van der Waals surface area contributed by atoms with E-state index in [0.29, 0.717) is 17.4 Å². The van der Waals surface area contributed by atoms with Crippen LogP contribution in [0.2, 0.25) is 0 Å². The van der Waals surface area contributed by atoms with Crippen LogP contribution in [0, 0.1) is 0 Å². The van der Waals surface area contributed by atoms with Gasteiger partial charge in [-0.2, -0.15) is 13.2 Å². The third-order valence-corrected chi connectivity index (χ3v) is 3.02. The molecule has 2 N–H and O–H groups in total. The van der Waals surface area contributed by atoms with Crippen molar-refractivity contribution in [2.24, 2.45) is 4.99 Å². The van der Waals surface area contributed by atoms with Crippen LogP contribution in [0.25, 0.3) is 0 Å². The first-order chi connectivity index (χ1) is 10.8. The van der Waals surface area contributed by atoms with Crippen LogP contribution in [0.1, 0.15) is 5.56 Å². The van der Waals surface area contributed by atoms with E-state index in [2.05, 4.69) is 15.6 Å². The van der Waals surface area contributed by atoms with Gasteiger partial charge in [0.25, 0.3) is 0 Å². The maximum Gasteiger partial charge on any atom is 0.406 e. The number of amides is 1. The number of hydrogen-bond donors (Lipinski definition) is 2. The highest BCUT2D eigenvalue weighted by Crippen LogP contribution is 2.15. The predicted octanol–water partition coefficient (Wildman–Crippen LogP) is 2.03. The van der Waals surface area contributed by atoms with E-state index < -0.39 is 18.6 Å². The monoisotopic (exact) mass is 458 g/mol. The average molecular weight is 458 g/mol. The predicted molar refractivity (Wildman–Crippen MR) is 98.6 cm³/mol. The number of halogens is 4. The molecule has 0 saturated heterocycles. The van der Waals surface area contributed by atoms with Gasteiger partial charge in [-0.05, 0) is 12.0 Å². The van der Waals surface area contributed by atoms with E-state index >= 15 is 0 Å². The van der Waals surface area contributed by atoms with Crippen molar-refractivity contribution in [3.63, 3.8) is 0 Å². The third kappa shape index (κ3) is 9.58. The molecule has 0 unspecified atom stereocenters. The van der Waals surface area contributed by atoms with Gasteiger partial charge in [0.15, 0.2) is 5.96 Å². The summed E-state index contributed by atoms with van der Waals surface area (Å²) >= 11 is 0. The van der Waals surface area contributed by atoms with Gasteiger partial charge < -0.3 is 15.5 Å². The Bertz CT molecular complexity index is 523. The number of guanidine groups is 1. The van der Waals surface area contributed by atoms with E-state index in [4.69, 9.17) is 0 Å². The SMILES string of the molecule is CN=C(NCCc1ccccc1)NCC(=O)N(C)CC(F)(F)F.I. The molecule has 9 heteroatoms. The second-order valence-corrected chi connectivity index (χ2v) is 4.95. The molecule has 0 aliphatic rings. The van der Waals surface area contributed by atoms with Gasteiger partial charge in [-0.15, -0.1) is 24.0 Å². The first-order valence-electron chi connectivity index (χ1n) is 7.11. The zero-order valence-electron chi connectivity index (χ0n) is 13.6. The van der Waals surface area contributed by atoms with Crippen LogP contribution in [-0.2, 0) is 11.2 Å². The van der Waals surface area contributed by atoms with Crippen molar-refractivity contribution >= 4 is 35.8 Å². The van der Waals surface area contributed by atoms with Crippen LogP contribution in [-0.4, -0.2) is 56.7 Å². The topological polar surface area (TPSA) is 56.7 Å². The summed E-state index contributed by atoms with van der Waals surface area (Å²) in [5.41, 5.74) is 1.15. The molecule has 1 amide bonds. The van der Waals surface area contributed by atoms with Crippen LogP contribution in [0.4, 0.5) is 13.2 Å². The first kappa shape index (κ1) is 22.5. The number of likely N-dealkylation sites (N-methyl/N-ethyl adjacent to an activating group) is 1. The van der Waals surface area contributed by atoms with Gasteiger partial charge in [0.05, 0.1) is 6.54 Å². The molecule has 0 bridgehead atoms. The van der Waals surface area contributed by atoms with E-state index in [1.807, 2.05) is 30.3 Å². The minimum atomic E-state index is -4.40. The van der Waals surface area contributed by atoms with Crippen LogP contribution >= 0.6 is 24.0 Å². The van der Waals surface area contributed by atoms with Gasteiger partial charge in [-0.1, -0.05) is 30.3 Å². The van der Waals surface area contributed by atoms with E-state index in [-0.39, 0.29) is 30.5 Å². The lowest BCUT2D eigenvalue weighted by atomic mass is 10.1. The molecular weight excluding hydrogens is 436 g/mol. The molecule has 1 rings (SSSR count). The Kier molecular flexibility index (Phi) is 10.4. The zero-order valence-corrected chi connectivity index (χ0v) is 15.9. The number of hydrogen-bond acceptors (Lipinski definition) is 2. The van der Waals surface area contributed by atoms with Crippen LogP contribution in [0.3, 0.4) is 0 Å². The Morgan fingerprint density at radius 3 is 2.38 bits per heavy atom. The number of aliphatic imine (C=N–C) groups is 1. The lowest BCUT2D eigenvalue weighted by Gasteiger charge is -2.20. The number of nitrogens with one attached hydrogen (secondary N) is 2. The quantitative estimate of drug-likeness (QED) is 0.390. The summed E-state index contributed by atoms with van der Waals surface area (Å²) in [6.07, 6.45) is -3.64. The Balaban J connectivity index is 0.00000529. The van der Waals surface area contributed by atoms with Crippen molar-refractivity contribution in [1.29, 1.82) is 0 Å². The Labute approximate surface area is 156 Å². The van der Waals surface area contributed by atoms with Crippen LogP contribution < -0.4 is 10.6 Å². The fraction of sp³-hybridized carbons (Fsp3) is 0.467. The average Bonchev–Trinajstić information content (AvgIpc) is 2.49. The van der Waals surface area contributed by atoms with Crippen molar-refractivity contribution < 1.29 is 18.0 Å². The highest BCUT2D eigenvalue weighted by molar-refractivity contribution is 14.0. The minimum Gasteiger partial charge on any atom is -0.356 e. The molecule has 0 spiro atoms. The Morgan fingerprint density at radius 2 is 1.83 bits per heavy atom. The van der Waals surface area contributed by atoms with E-state index in [1.165, 1.54) is 7.05 Å². The molecular formula is C15H22F3IN4O. The highest BCUT2D eigenvalue weighted by Gasteiger charge is 2.31. The Morgan fingerprint density at radius 1 is 1.21 bits per heavy atom. The highest BCUT2D eigenvalue weighted by atomic mass is 127. The zero-order chi connectivity index (χ0) is 17.3. The molecule has 0 radical (unpaired) electrons. The molecule has 0 aromatic heterocycles. The van der Waals surface area contributed by atoms with Gasteiger partial charge in [-0.25, -0.2) is 0 Å². The third-order valence-electron chi connectivity index (χ3n) is 3.02. The first-order valence-corrected chi connectivity index (χ1v) is 7.11. The summed E-state index contributed by atoms with van der Waals surface area (Å²) in [6, 6.07) is 9.80. The van der Waals surface area contributed by atoms with Gasteiger partial charge >= 0.3 is 6.18 Å². The smallest absolute Gasteiger partial charge is 0.356 e. The Hall–Kier alpha value is -1.52. The minimum absolute atomic E-state index is 0. The molecule has 1 aromatic rings. The second kappa shape index (κ2) is 11.1. The fourth-order valence-electron chi connectivity index (χ4n) is 1.84. The molecule has 0 aliphatic carbocycles. The summed E-state index contributed by atoms with van der Waals surface area (Å²) in [6.45, 7) is -0.929. The molecule has 136 valence electrons. The van der Waals surface area contributed by atoms with Crippen LogP contribution in [0.5, 0.6) is 0 Å². The normalized spacial score (nSPS) is 11.5. The van der Waals surface area contributed by atoms with E-state index in [9.17, 15) is 18.0 Å². The fourth-order valence-corrected chi connectivity index (χ4v) is 1.84. The number of rotatable bonds is 6. The lowest BCUT2D eigenvalue weighted by molar-refractivity contribution is -0.157. The van der Waals surface area contributed by atoms with Gasteiger partial charge in [0, 0.05) is 20.6 Å². The van der Waals surface area contributed by atoms with Crippen LogP contribution in [0.15, 0.2) is 35.3 Å². The number of carbonyl (C=O) groups excluding carboxylic acids is 1. The maximum absolute atomic E-state index is 12.2. The molecule has 0 fully saturated rings. The molecule has 5 nitrogen and oxygen atoms in total. The van der Waals surface area contributed by atoms with Gasteiger partial charge in [0.1, 0.15) is 6.54 Å².